The van der Waals surface area contributed by atoms with Gasteiger partial charge in [-0.05, 0) is 29.2 Å². The predicted molar refractivity (Wildman–Crippen MR) is 68.3 cm³/mol. The van der Waals surface area contributed by atoms with Crippen molar-refractivity contribution in [2.24, 2.45) is 0 Å². The summed E-state index contributed by atoms with van der Waals surface area (Å²) in [7, 11) is 0. The van der Waals surface area contributed by atoms with Crippen LogP contribution in [-0.2, 0) is 6.42 Å². The van der Waals surface area contributed by atoms with Crippen LogP contribution in [0.5, 0.6) is 0 Å². The van der Waals surface area contributed by atoms with Gasteiger partial charge in [0.15, 0.2) is 0 Å². The van der Waals surface area contributed by atoms with E-state index in [1.54, 1.807) is 0 Å². The van der Waals surface area contributed by atoms with E-state index in [0.717, 1.165) is 0 Å². The zero-order valence-corrected chi connectivity index (χ0v) is 12.8. The van der Waals surface area contributed by atoms with Crippen LogP contribution in [0.4, 0.5) is 0 Å². The number of hydrogen-bond acceptors (Lipinski definition) is 0. The van der Waals surface area contributed by atoms with Crippen LogP contribution in [0.3, 0.4) is 0 Å². The molecule has 2 aromatic rings. The Kier molecular flexibility index (Phi) is 6.09. The van der Waals surface area contributed by atoms with Gasteiger partial charge in [0.1, 0.15) is 0 Å². The van der Waals surface area contributed by atoms with Crippen molar-refractivity contribution in [2.75, 3.05) is 0 Å². The molecule has 15 heavy (non-hydrogen) atoms. The van der Waals surface area contributed by atoms with Crippen LogP contribution in [-0.4, -0.2) is 51.4 Å². The third-order valence-corrected chi connectivity index (χ3v) is 2.68. The molecule has 0 saturated carbocycles. The van der Waals surface area contributed by atoms with E-state index in [1.807, 2.05) is 0 Å². The number of benzene rings is 2. The van der Waals surface area contributed by atoms with Gasteiger partial charge in [-0.3, -0.25) is 0 Å². The summed E-state index contributed by atoms with van der Waals surface area (Å²) in [6.45, 7) is 2.24. The van der Waals surface area contributed by atoms with Crippen molar-refractivity contribution >= 4 is 62.2 Å². The van der Waals surface area contributed by atoms with Crippen LogP contribution in [0.2, 0.25) is 0 Å². The Labute approximate surface area is 134 Å². The fourth-order valence-electron chi connectivity index (χ4n) is 1.88. The second-order valence-corrected chi connectivity index (χ2v) is 3.74. The summed E-state index contributed by atoms with van der Waals surface area (Å²) >= 11 is 0. The van der Waals surface area contributed by atoms with Gasteiger partial charge in [0, 0.05) is 51.4 Å². The Morgan fingerprint density at radius 1 is 0.933 bits per heavy atom. The summed E-state index contributed by atoms with van der Waals surface area (Å²) < 4.78 is 0. The van der Waals surface area contributed by atoms with E-state index in [1.165, 1.54) is 35.6 Å². The van der Waals surface area contributed by atoms with E-state index >= 15 is 0 Å². The van der Waals surface area contributed by atoms with E-state index in [9.17, 15) is 0 Å². The smallest absolute Gasteiger partial charge is 0 e. The Hall–Kier alpha value is 0.336. The number of fused-ring (bicyclic) bond motifs is 1. The van der Waals surface area contributed by atoms with Crippen molar-refractivity contribution in [1.82, 2.24) is 0 Å². The van der Waals surface area contributed by atoms with Crippen LogP contribution in [0, 0.1) is 0 Å². The first-order valence-corrected chi connectivity index (χ1v) is 5.38. The van der Waals surface area contributed by atoms with Crippen molar-refractivity contribution in [3.8, 4) is 0 Å². The molecule has 0 N–H and O–H groups in total. The van der Waals surface area contributed by atoms with Gasteiger partial charge in [0.2, 0.25) is 0 Å². The summed E-state index contributed by atoms with van der Waals surface area (Å²) in [4.78, 5) is 0. The van der Waals surface area contributed by atoms with Crippen molar-refractivity contribution in [2.45, 2.75) is 26.2 Å². The zero-order chi connectivity index (χ0) is 9.80. The van der Waals surface area contributed by atoms with E-state index < -0.39 is 0 Å². The van der Waals surface area contributed by atoms with E-state index in [4.69, 9.17) is 0 Å². The molecule has 0 spiro atoms. The summed E-state index contributed by atoms with van der Waals surface area (Å²) in [5.41, 5.74) is 1.49. The van der Waals surface area contributed by atoms with E-state index in [0.29, 0.717) is 0 Å². The molecule has 0 fully saturated rings. The average molecular weight is 223 g/mol. The maximum Gasteiger partial charge on any atom is 0 e. The van der Waals surface area contributed by atoms with Crippen molar-refractivity contribution < 1.29 is 0 Å². The first-order chi connectivity index (χ1) is 6.92. The summed E-state index contributed by atoms with van der Waals surface area (Å²) in [5, 5.41) is 2.78. The molecule has 0 aliphatic heterocycles. The SMILES string of the molecule is CCCCc1cccc2ccccc12.[K]. The topological polar surface area (TPSA) is 0 Å². The number of aryl methyl sites for hydroxylation is 1. The molecule has 0 atom stereocenters. The van der Waals surface area contributed by atoms with Crippen molar-refractivity contribution in [1.29, 1.82) is 0 Å². The van der Waals surface area contributed by atoms with Crippen LogP contribution >= 0.6 is 0 Å². The molecule has 1 heteroatoms. The normalized spacial score (nSPS) is 9.93. The standard InChI is InChI=1S/C14H16.K/c1-2-3-7-12-9-6-10-13-8-4-5-11-14(12)13;/h4-6,8-11H,2-3,7H2,1H3;. The fourth-order valence-corrected chi connectivity index (χ4v) is 1.88. The van der Waals surface area contributed by atoms with Gasteiger partial charge < -0.3 is 0 Å². The zero-order valence-electron chi connectivity index (χ0n) is 9.66. The Morgan fingerprint density at radius 2 is 1.67 bits per heavy atom. The molecule has 0 saturated heterocycles. The van der Waals surface area contributed by atoms with Gasteiger partial charge in [0.05, 0.1) is 0 Å². The number of hydrogen-bond donors (Lipinski definition) is 0. The molecule has 0 unspecified atom stereocenters. The molecular weight excluding hydrogens is 207 g/mol. The Balaban J connectivity index is 0.00000112. The molecule has 0 aromatic heterocycles. The third kappa shape index (κ3) is 3.40. The number of rotatable bonds is 3. The van der Waals surface area contributed by atoms with Gasteiger partial charge in [0.25, 0.3) is 0 Å². The van der Waals surface area contributed by atoms with Gasteiger partial charge in [-0.2, -0.15) is 0 Å². The van der Waals surface area contributed by atoms with Gasteiger partial charge >= 0.3 is 0 Å². The van der Waals surface area contributed by atoms with Gasteiger partial charge in [-0.15, -0.1) is 0 Å². The Bertz CT molecular complexity index is 415. The number of unbranched alkanes of at least 4 members (excludes halogenated alkanes) is 1. The van der Waals surface area contributed by atoms with Crippen LogP contribution in [0.1, 0.15) is 25.3 Å². The molecule has 0 aliphatic carbocycles. The molecule has 73 valence electrons. The minimum absolute atomic E-state index is 0. The molecule has 0 heterocycles. The van der Waals surface area contributed by atoms with Crippen LogP contribution in [0.15, 0.2) is 42.5 Å². The van der Waals surface area contributed by atoms with E-state index in [2.05, 4.69) is 49.4 Å². The third-order valence-electron chi connectivity index (χ3n) is 2.68. The fraction of sp³-hybridized carbons (Fsp3) is 0.286. The largest absolute Gasteiger partial charge is 0.0654 e. The molecule has 0 aliphatic rings. The maximum atomic E-state index is 2.25. The van der Waals surface area contributed by atoms with Crippen LogP contribution in [0.25, 0.3) is 10.8 Å². The summed E-state index contributed by atoms with van der Waals surface area (Å²) in [6.07, 6.45) is 3.76. The van der Waals surface area contributed by atoms with Crippen LogP contribution < -0.4 is 0 Å². The van der Waals surface area contributed by atoms with Gasteiger partial charge in [-0.25, -0.2) is 0 Å². The van der Waals surface area contributed by atoms with Crippen molar-refractivity contribution in [3.63, 3.8) is 0 Å². The second-order valence-electron chi connectivity index (χ2n) is 3.74. The molecule has 2 rings (SSSR count). The summed E-state index contributed by atoms with van der Waals surface area (Å²) in [5.74, 6) is 0. The van der Waals surface area contributed by atoms with Crippen molar-refractivity contribution in [3.05, 3.63) is 48.0 Å². The minimum Gasteiger partial charge on any atom is -0.0654 e. The maximum absolute atomic E-state index is 2.25. The quantitative estimate of drug-likeness (QED) is 0.694. The van der Waals surface area contributed by atoms with E-state index in [-0.39, 0.29) is 51.4 Å². The average Bonchev–Trinajstić information content (AvgIpc) is 2.26. The molecular formula is C14H16K. The minimum atomic E-state index is 0. The molecule has 1 radical (unpaired) electrons. The first kappa shape index (κ1) is 13.4. The second kappa shape index (κ2) is 6.82. The monoisotopic (exact) mass is 223 g/mol. The molecule has 0 bridgehead atoms. The molecule has 0 amide bonds. The Morgan fingerprint density at radius 3 is 2.47 bits per heavy atom. The van der Waals surface area contributed by atoms with Gasteiger partial charge in [-0.1, -0.05) is 55.8 Å². The molecule has 0 nitrogen and oxygen atoms in total. The summed E-state index contributed by atoms with van der Waals surface area (Å²) in [6, 6.07) is 15.2. The predicted octanol–water partition coefficient (Wildman–Crippen LogP) is 3.80. The first-order valence-electron chi connectivity index (χ1n) is 5.38. The molecule has 2 aromatic carbocycles.